The summed E-state index contributed by atoms with van der Waals surface area (Å²) < 4.78 is 6.37. The summed E-state index contributed by atoms with van der Waals surface area (Å²) in [5.41, 5.74) is 0.193. The van der Waals surface area contributed by atoms with Crippen LogP contribution in [0.4, 0.5) is 5.13 Å². The van der Waals surface area contributed by atoms with Crippen LogP contribution in [0.5, 0.6) is 0 Å². The van der Waals surface area contributed by atoms with E-state index in [9.17, 15) is 9.59 Å². The van der Waals surface area contributed by atoms with Crippen LogP contribution in [0.15, 0.2) is 23.8 Å². The Morgan fingerprint density at radius 1 is 1.55 bits per heavy atom. The number of hydrogen-bond donors (Lipinski definition) is 1. The van der Waals surface area contributed by atoms with Crippen LogP contribution < -0.4 is 5.32 Å². The molecule has 7 nitrogen and oxygen atoms in total. The lowest BCUT2D eigenvalue weighted by Crippen LogP contribution is -2.24. The van der Waals surface area contributed by atoms with Crippen LogP contribution >= 0.6 is 11.3 Å². The van der Waals surface area contributed by atoms with Crippen LogP contribution in [0.3, 0.4) is 0 Å². The Bertz CT molecular complexity index is 594. The first-order chi connectivity index (χ1) is 9.61. The number of thiazole rings is 1. The smallest absolute Gasteiger partial charge is 0.357 e. The van der Waals surface area contributed by atoms with Gasteiger partial charge in [0, 0.05) is 17.8 Å². The van der Waals surface area contributed by atoms with E-state index in [4.69, 9.17) is 4.74 Å². The normalized spacial score (nSPS) is 11.9. The number of hydrogen-bond acceptors (Lipinski definition) is 6. The number of amides is 1. The van der Waals surface area contributed by atoms with E-state index in [-0.39, 0.29) is 18.2 Å². The van der Waals surface area contributed by atoms with Gasteiger partial charge in [-0.3, -0.25) is 9.48 Å². The first-order valence-electron chi connectivity index (χ1n) is 6.04. The van der Waals surface area contributed by atoms with E-state index in [0.717, 1.165) is 0 Å². The molecule has 0 aliphatic carbocycles. The number of ether oxygens (including phenoxy) is 1. The highest BCUT2D eigenvalue weighted by Gasteiger charge is 2.18. The zero-order chi connectivity index (χ0) is 14.5. The van der Waals surface area contributed by atoms with Crippen molar-refractivity contribution < 1.29 is 14.3 Å². The Morgan fingerprint density at radius 3 is 3.00 bits per heavy atom. The molecule has 8 heteroatoms. The van der Waals surface area contributed by atoms with Gasteiger partial charge >= 0.3 is 5.97 Å². The van der Waals surface area contributed by atoms with Gasteiger partial charge in [-0.05, 0) is 19.9 Å². The topological polar surface area (TPSA) is 86.1 Å². The van der Waals surface area contributed by atoms with Gasteiger partial charge in [0.2, 0.25) is 0 Å². The molecule has 106 valence electrons. The Hall–Kier alpha value is -2.22. The summed E-state index contributed by atoms with van der Waals surface area (Å²) >= 11 is 1.17. The maximum absolute atomic E-state index is 12.0. The molecule has 2 rings (SSSR count). The maximum atomic E-state index is 12.0. The molecule has 0 radical (unpaired) electrons. The van der Waals surface area contributed by atoms with Gasteiger partial charge in [-0.15, -0.1) is 11.3 Å². The minimum Gasteiger partial charge on any atom is -0.461 e. The lowest BCUT2D eigenvalue weighted by Gasteiger charge is -2.10. The summed E-state index contributed by atoms with van der Waals surface area (Å²) in [7, 11) is 0. The molecular formula is C12H14N4O3S. The predicted molar refractivity (Wildman–Crippen MR) is 73.6 cm³/mol. The molecule has 1 amide bonds. The average molecular weight is 294 g/mol. The van der Waals surface area contributed by atoms with Crippen molar-refractivity contribution >= 4 is 28.3 Å². The van der Waals surface area contributed by atoms with Gasteiger partial charge in [-0.25, -0.2) is 9.78 Å². The quantitative estimate of drug-likeness (QED) is 0.848. The summed E-state index contributed by atoms with van der Waals surface area (Å²) in [5.74, 6) is -0.747. The second-order valence-electron chi connectivity index (χ2n) is 3.91. The van der Waals surface area contributed by atoms with Gasteiger partial charge in [0.25, 0.3) is 5.91 Å². The SMILES string of the molecule is CCOC(=O)c1csc(NC(=O)C(C)n2cccn2)n1. The summed E-state index contributed by atoms with van der Waals surface area (Å²) in [5, 5.41) is 8.55. The molecule has 1 N–H and O–H groups in total. The summed E-state index contributed by atoms with van der Waals surface area (Å²) in [6, 6.07) is 1.28. The van der Waals surface area contributed by atoms with Crippen molar-refractivity contribution in [1.29, 1.82) is 0 Å². The molecule has 1 atom stereocenters. The van der Waals surface area contributed by atoms with Crippen LogP contribution in [0.1, 0.15) is 30.4 Å². The fourth-order valence-corrected chi connectivity index (χ4v) is 2.15. The number of carbonyl (C=O) groups is 2. The predicted octanol–water partition coefficient (Wildman–Crippen LogP) is 1.72. The van der Waals surface area contributed by atoms with E-state index < -0.39 is 12.0 Å². The zero-order valence-corrected chi connectivity index (χ0v) is 11.9. The molecule has 0 spiro atoms. The number of esters is 1. The monoisotopic (exact) mass is 294 g/mol. The molecule has 0 aliphatic heterocycles. The van der Waals surface area contributed by atoms with E-state index >= 15 is 0 Å². The van der Waals surface area contributed by atoms with Crippen LogP contribution in [-0.4, -0.2) is 33.2 Å². The third-order valence-corrected chi connectivity index (χ3v) is 3.28. The molecular weight excluding hydrogens is 280 g/mol. The van der Waals surface area contributed by atoms with Crippen molar-refractivity contribution in [3.8, 4) is 0 Å². The van der Waals surface area contributed by atoms with Gasteiger partial charge < -0.3 is 10.1 Å². The molecule has 0 fully saturated rings. The van der Waals surface area contributed by atoms with Crippen molar-refractivity contribution in [3.05, 3.63) is 29.5 Å². The van der Waals surface area contributed by atoms with E-state index in [1.165, 1.54) is 16.0 Å². The van der Waals surface area contributed by atoms with Crippen molar-refractivity contribution in [2.45, 2.75) is 19.9 Å². The van der Waals surface area contributed by atoms with E-state index in [0.29, 0.717) is 5.13 Å². The molecule has 2 aromatic heterocycles. The second kappa shape index (κ2) is 6.29. The Labute approximate surface area is 119 Å². The van der Waals surface area contributed by atoms with Gasteiger partial charge in [-0.1, -0.05) is 0 Å². The van der Waals surface area contributed by atoms with Crippen LogP contribution in [-0.2, 0) is 9.53 Å². The number of nitrogens with one attached hydrogen (secondary N) is 1. The third-order valence-electron chi connectivity index (χ3n) is 2.52. The van der Waals surface area contributed by atoms with Crippen molar-refractivity contribution in [2.75, 3.05) is 11.9 Å². The minimum absolute atomic E-state index is 0.193. The molecule has 2 aromatic rings. The van der Waals surface area contributed by atoms with Gasteiger partial charge in [-0.2, -0.15) is 5.10 Å². The van der Waals surface area contributed by atoms with Crippen LogP contribution in [0.25, 0.3) is 0 Å². The molecule has 0 saturated carbocycles. The average Bonchev–Trinajstić information content (AvgIpc) is 3.09. The van der Waals surface area contributed by atoms with Gasteiger partial charge in [0.05, 0.1) is 6.61 Å². The Morgan fingerprint density at radius 2 is 2.35 bits per heavy atom. The standard InChI is InChI=1S/C12H14N4O3S/c1-3-19-11(18)9-7-20-12(14-9)15-10(17)8(2)16-6-4-5-13-16/h4-8H,3H2,1-2H3,(H,14,15,17). The first-order valence-corrected chi connectivity index (χ1v) is 6.92. The Kier molecular flexibility index (Phi) is 4.46. The van der Waals surface area contributed by atoms with Crippen molar-refractivity contribution in [2.24, 2.45) is 0 Å². The minimum atomic E-state index is -0.496. The zero-order valence-electron chi connectivity index (χ0n) is 11.1. The van der Waals surface area contributed by atoms with Gasteiger partial charge in [0.1, 0.15) is 6.04 Å². The van der Waals surface area contributed by atoms with E-state index in [1.807, 2.05) is 0 Å². The summed E-state index contributed by atoms with van der Waals surface area (Å²) in [6.45, 7) is 3.73. The third kappa shape index (κ3) is 3.21. The van der Waals surface area contributed by atoms with Crippen molar-refractivity contribution in [1.82, 2.24) is 14.8 Å². The highest BCUT2D eigenvalue weighted by Crippen LogP contribution is 2.17. The number of anilines is 1. The van der Waals surface area contributed by atoms with E-state index in [1.54, 1.807) is 37.7 Å². The Balaban J connectivity index is 2.00. The molecule has 0 aromatic carbocycles. The van der Waals surface area contributed by atoms with E-state index in [2.05, 4.69) is 15.4 Å². The first kappa shape index (κ1) is 14.2. The summed E-state index contributed by atoms with van der Waals surface area (Å²) in [4.78, 5) is 27.5. The molecule has 0 bridgehead atoms. The summed E-state index contributed by atoms with van der Waals surface area (Å²) in [6.07, 6.45) is 3.31. The molecule has 0 saturated heterocycles. The van der Waals surface area contributed by atoms with Gasteiger partial charge in [0.15, 0.2) is 10.8 Å². The second-order valence-corrected chi connectivity index (χ2v) is 4.77. The fourth-order valence-electron chi connectivity index (χ4n) is 1.47. The highest BCUT2D eigenvalue weighted by atomic mass is 32.1. The number of rotatable bonds is 5. The molecule has 0 aliphatic rings. The highest BCUT2D eigenvalue weighted by molar-refractivity contribution is 7.14. The fraction of sp³-hybridized carbons (Fsp3) is 0.333. The maximum Gasteiger partial charge on any atom is 0.357 e. The molecule has 2 heterocycles. The van der Waals surface area contributed by atoms with Crippen LogP contribution in [0.2, 0.25) is 0 Å². The number of nitrogens with zero attached hydrogens (tertiary/aromatic N) is 3. The lowest BCUT2D eigenvalue weighted by molar-refractivity contribution is -0.119. The molecule has 20 heavy (non-hydrogen) atoms. The lowest BCUT2D eigenvalue weighted by atomic mass is 10.3. The van der Waals surface area contributed by atoms with Crippen molar-refractivity contribution in [3.63, 3.8) is 0 Å². The largest absolute Gasteiger partial charge is 0.461 e. The van der Waals surface area contributed by atoms with Crippen LogP contribution in [0, 0.1) is 0 Å². The number of carbonyl (C=O) groups excluding carboxylic acids is 2. The number of aromatic nitrogens is 3. The molecule has 1 unspecified atom stereocenters.